The largest absolute Gasteiger partial charge is 0.454 e. The molecule has 0 radical (unpaired) electrons. The van der Waals surface area contributed by atoms with Crippen LogP contribution in [0.3, 0.4) is 0 Å². The number of para-hydroxylation sites is 1. The van der Waals surface area contributed by atoms with Crippen molar-refractivity contribution in [2.75, 3.05) is 12.4 Å². The standard InChI is InChI=1S/C15H12N4O/c1-16-14-6-7-15-17-9-11(19(15)18-14)13-8-10-4-2-3-5-12(10)20-13/h2-9H,1H3,(H,16,18). The number of nitrogens with one attached hydrogen (secondary N) is 1. The first-order valence-corrected chi connectivity index (χ1v) is 6.36. The van der Waals surface area contributed by atoms with Crippen LogP contribution in [0.2, 0.25) is 0 Å². The van der Waals surface area contributed by atoms with Crippen molar-refractivity contribution < 1.29 is 4.42 Å². The topological polar surface area (TPSA) is 55.4 Å². The lowest BCUT2D eigenvalue weighted by Gasteiger charge is -2.01. The molecule has 0 amide bonds. The van der Waals surface area contributed by atoms with Gasteiger partial charge in [-0.25, -0.2) is 9.50 Å². The fourth-order valence-electron chi connectivity index (χ4n) is 2.28. The van der Waals surface area contributed by atoms with Gasteiger partial charge < -0.3 is 9.73 Å². The molecule has 3 aromatic heterocycles. The summed E-state index contributed by atoms with van der Waals surface area (Å²) >= 11 is 0. The first-order valence-electron chi connectivity index (χ1n) is 6.36. The number of benzene rings is 1. The van der Waals surface area contributed by atoms with Crippen molar-refractivity contribution in [3.63, 3.8) is 0 Å². The van der Waals surface area contributed by atoms with Crippen molar-refractivity contribution >= 4 is 22.4 Å². The molecule has 4 rings (SSSR count). The number of imidazole rings is 1. The molecule has 0 saturated heterocycles. The first-order chi connectivity index (χ1) is 9.85. The minimum atomic E-state index is 0.763. The monoisotopic (exact) mass is 264 g/mol. The number of hydrogen-bond donors (Lipinski definition) is 1. The van der Waals surface area contributed by atoms with E-state index in [1.165, 1.54) is 0 Å². The summed E-state index contributed by atoms with van der Waals surface area (Å²) < 4.78 is 7.65. The van der Waals surface area contributed by atoms with Crippen LogP contribution in [0, 0.1) is 0 Å². The Balaban J connectivity index is 1.96. The van der Waals surface area contributed by atoms with E-state index in [4.69, 9.17) is 4.42 Å². The number of furan rings is 1. The van der Waals surface area contributed by atoms with Gasteiger partial charge in [-0.15, -0.1) is 5.10 Å². The van der Waals surface area contributed by atoms with E-state index >= 15 is 0 Å². The molecule has 1 N–H and O–H groups in total. The van der Waals surface area contributed by atoms with Gasteiger partial charge in [0.25, 0.3) is 0 Å². The molecule has 0 saturated carbocycles. The van der Waals surface area contributed by atoms with Gasteiger partial charge in [0.1, 0.15) is 17.1 Å². The molecular weight excluding hydrogens is 252 g/mol. The summed E-state index contributed by atoms with van der Waals surface area (Å²) in [7, 11) is 1.84. The zero-order valence-electron chi connectivity index (χ0n) is 10.9. The lowest BCUT2D eigenvalue weighted by Crippen LogP contribution is -1.99. The Bertz CT molecular complexity index is 873. The molecule has 0 unspecified atom stereocenters. The van der Waals surface area contributed by atoms with Crippen molar-refractivity contribution in [3.8, 4) is 11.5 Å². The summed E-state index contributed by atoms with van der Waals surface area (Å²) in [6, 6.07) is 13.8. The predicted octanol–water partition coefficient (Wildman–Crippen LogP) is 3.18. The molecule has 0 aliphatic rings. The van der Waals surface area contributed by atoms with E-state index in [9.17, 15) is 0 Å². The summed E-state index contributed by atoms with van der Waals surface area (Å²) in [4.78, 5) is 4.35. The van der Waals surface area contributed by atoms with Gasteiger partial charge >= 0.3 is 0 Å². The van der Waals surface area contributed by atoms with E-state index in [1.807, 2.05) is 49.5 Å². The minimum Gasteiger partial charge on any atom is -0.454 e. The maximum Gasteiger partial charge on any atom is 0.155 e. The molecule has 0 atom stereocenters. The second kappa shape index (κ2) is 4.09. The minimum absolute atomic E-state index is 0.763. The highest BCUT2D eigenvalue weighted by molar-refractivity contribution is 5.82. The molecule has 4 aromatic rings. The fraction of sp³-hybridized carbons (Fsp3) is 0.0667. The van der Waals surface area contributed by atoms with E-state index in [2.05, 4.69) is 15.4 Å². The Hall–Kier alpha value is -2.82. The number of nitrogens with zero attached hydrogens (tertiary/aromatic N) is 3. The molecular formula is C15H12N4O. The smallest absolute Gasteiger partial charge is 0.155 e. The average Bonchev–Trinajstić information content (AvgIpc) is 3.09. The van der Waals surface area contributed by atoms with Crippen molar-refractivity contribution in [1.82, 2.24) is 14.6 Å². The van der Waals surface area contributed by atoms with Crippen molar-refractivity contribution in [3.05, 3.63) is 48.7 Å². The number of rotatable bonds is 2. The molecule has 0 aliphatic heterocycles. The Morgan fingerprint density at radius 1 is 1.15 bits per heavy atom. The Morgan fingerprint density at radius 2 is 2.05 bits per heavy atom. The second-order valence-electron chi connectivity index (χ2n) is 4.53. The van der Waals surface area contributed by atoms with Gasteiger partial charge in [0.2, 0.25) is 0 Å². The molecule has 5 nitrogen and oxygen atoms in total. The normalized spacial score (nSPS) is 11.2. The van der Waals surface area contributed by atoms with Gasteiger partial charge in [0, 0.05) is 12.4 Å². The molecule has 0 aliphatic carbocycles. The summed E-state index contributed by atoms with van der Waals surface area (Å²) in [6.07, 6.45) is 1.78. The Labute approximate surface area is 114 Å². The van der Waals surface area contributed by atoms with E-state index in [1.54, 1.807) is 10.7 Å². The molecule has 0 bridgehead atoms. The van der Waals surface area contributed by atoms with Gasteiger partial charge in [-0.2, -0.15) is 0 Å². The summed E-state index contributed by atoms with van der Waals surface area (Å²) in [5.41, 5.74) is 2.50. The van der Waals surface area contributed by atoms with Crippen LogP contribution in [0.25, 0.3) is 28.1 Å². The zero-order valence-corrected chi connectivity index (χ0v) is 10.9. The predicted molar refractivity (Wildman–Crippen MR) is 77.7 cm³/mol. The van der Waals surface area contributed by atoms with Crippen LogP contribution >= 0.6 is 0 Å². The van der Waals surface area contributed by atoms with Crippen LogP contribution in [-0.4, -0.2) is 21.6 Å². The molecule has 1 aromatic carbocycles. The highest BCUT2D eigenvalue weighted by Gasteiger charge is 2.12. The lowest BCUT2D eigenvalue weighted by atomic mass is 10.2. The fourth-order valence-corrected chi connectivity index (χ4v) is 2.28. The van der Waals surface area contributed by atoms with E-state index in [-0.39, 0.29) is 0 Å². The van der Waals surface area contributed by atoms with Crippen LogP contribution < -0.4 is 5.32 Å². The zero-order chi connectivity index (χ0) is 13.5. The maximum atomic E-state index is 5.87. The van der Waals surface area contributed by atoms with Crippen LogP contribution in [0.5, 0.6) is 0 Å². The van der Waals surface area contributed by atoms with E-state index in [0.29, 0.717) is 0 Å². The average molecular weight is 264 g/mol. The quantitative estimate of drug-likeness (QED) is 0.604. The Kier molecular flexibility index (Phi) is 2.26. The van der Waals surface area contributed by atoms with Gasteiger partial charge in [-0.3, -0.25) is 0 Å². The molecule has 0 fully saturated rings. The number of anilines is 1. The SMILES string of the molecule is CNc1ccc2ncc(-c3cc4ccccc4o3)n2n1. The van der Waals surface area contributed by atoms with Crippen molar-refractivity contribution in [2.24, 2.45) is 0 Å². The van der Waals surface area contributed by atoms with Crippen molar-refractivity contribution in [1.29, 1.82) is 0 Å². The molecule has 3 heterocycles. The van der Waals surface area contributed by atoms with Crippen LogP contribution in [0.1, 0.15) is 0 Å². The summed E-state index contributed by atoms with van der Waals surface area (Å²) in [5, 5.41) is 8.58. The first kappa shape index (κ1) is 11.0. The van der Waals surface area contributed by atoms with E-state index in [0.717, 1.165) is 33.9 Å². The molecule has 98 valence electrons. The summed E-state index contributed by atoms with van der Waals surface area (Å²) in [5.74, 6) is 1.55. The van der Waals surface area contributed by atoms with E-state index < -0.39 is 0 Å². The van der Waals surface area contributed by atoms with Gasteiger partial charge in [0.15, 0.2) is 11.4 Å². The van der Waals surface area contributed by atoms with Crippen LogP contribution in [-0.2, 0) is 0 Å². The highest BCUT2D eigenvalue weighted by atomic mass is 16.3. The highest BCUT2D eigenvalue weighted by Crippen LogP contribution is 2.28. The number of hydrogen-bond acceptors (Lipinski definition) is 4. The Morgan fingerprint density at radius 3 is 2.90 bits per heavy atom. The van der Waals surface area contributed by atoms with Crippen LogP contribution in [0.15, 0.2) is 53.1 Å². The van der Waals surface area contributed by atoms with Crippen molar-refractivity contribution in [2.45, 2.75) is 0 Å². The molecule has 20 heavy (non-hydrogen) atoms. The third-order valence-corrected chi connectivity index (χ3v) is 3.30. The lowest BCUT2D eigenvalue weighted by molar-refractivity contribution is 0.625. The number of aromatic nitrogens is 3. The van der Waals surface area contributed by atoms with Crippen LogP contribution in [0.4, 0.5) is 5.82 Å². The summed E-state index contributed by atoms with van der Waals surface area (Å²) in [6.45, 7) is 0. The molecule has 5 heteroatoms. The third-order valence-electron chi connectivity index (χ3n) is 3.30. The van der Waals surface area contributed by atoms with Gasteiger partial charge in [-0.1, -0.05) is 18.2 Å². The third kappa shape index (κ3) is 1.56. The second-order valence-corrected chi connectivity index (χ2v) is 4.53. The van der Waals surface area contributed by atoms with Gasteiger partial charge in [-0.05, 0) is 24.3 Å². The van der Waals surface area contributed by atoms with Gasteiger partial charge in [0.05, 0.1) is 6.20 Å². The number of fused-ring (bicyclic) bond motifs is 2. The molecule has 0 spiro atoms. The maximum absolute atomic E-state index is 5.87.